The first-order chi connectivity index (χ1) is 11.0. The van der Waals surface area contributed by atoms with E-state index in [1.54, 1.807) is 24.3 Å². The molecule has 0 aromatic heterocycles. The fraction of sp³-hybridized carbons (Fsp3) is 0.500. The maximum absolute atomic E-state index is 12.3. The highest BCUT2D eigenvalue weighted by Crippen LogP contribution is 2.21. The minimum atomic E-state index is -0.883. The Hall–Kier alpha value is -1.83. The number of anilines is 1. The van der Waals surface area contributed by atoms with Crippen LogP contribution in [0.25, 0.3) is 0 Å². The van der Waals surface area contributed by atoms with E-state index in [9.17, 15) is 9.59 Å². The summed E-state index contributed by atoms with van der Waals surface area (Å²) in [4.78, 5) is 23.6. The smallest absolute Gasteiger partial charge is 0.257 e. The van der Waals surface area contributed by atoms with Crippen LogP contribution in [0.4, 0.5) is 5.69 Å². The number of ether oxygens (including phenoxy) is 2. The van der Waals surface area contributed by atoms with Crippen LogP contribution in [0.3, 0.4) is 0 Å². The molecular weight excluding hydrogens is 334 g/mol. The van der Waals surface area contributed by atoms with Crippen molar-refractivity contribution in [3.05, 3.63) is 24.3 Å². The Morgan fingerprint density at radius 3 is 2.46 bits per heavy atom. The Kier molecular flexibility index (Phi) is 7.97. The van der Waals surface area contributed by atoms with Crippen molar-refractivity contribution in [1.82, 2.24) is 5.32 Å². The second-order valence-corrected chi connectivity index (χ2v) is 5.49. The number of nitrogens with two attached hydrogens (primary N) is 1. The molecule has 4 N–H and O–H groups in total. The molecule has 1 aromatic carbocycles. The Balaban J connectivity index is 0.00000288. The van der Waals surface area contributed by atoms with Gasteiger partial charge in [-0.05, 0) is 44.0 Å². The summed E-state index contributed by atoms with van der Waals surface area (Å²) < 4.78 is 10.6. The highest BCUT2D eigenvalue weighted by atomic mass is 35.5. The van der Waals surface area contributed by atoms with Crippen molar-refractivity contribution < 1.29 is 19.1 Å². The predicted octanol–water partition coefficient (Wildman–Crippen LogP) is 1.07. The minimum Gasteiger partial charge on any atom is -0.484 e. The van der Waals surface area contributed by atoms with Gasteiger partial charge in [0.25, 0.3) is 5.91 Å². The minimum absolute atomic E-state index is 0. The van der Waals surface area contributed by atoms with Crippen LogP contribution in [0.2, 0.25) is 0 Å². The summed E-state index contributed by atoms with van der Waals surface area (Å²) in [6.07, 6.45) is 1.01. The van der Waals surface area contributed by atoms with Crippen molar-refractivity contribution in [3.8, 4) is 5.75 Å². The lowest BCUT2D eigenvalue weighted by atomic mass is 9.90. The number of benzene rings is 1. The third-order valence-corrected chi connectivity index (χ3v) is 3.69. The van der Waals surface area contributed by atoms with Crippen molar-refractivity contribution in [2.24, 2.45) is 5.73 Å². The molecule has 0 bridgehead atoms. The van der Waals surface area contributed by atoms with E-state index in [1.165, 1.54) is 0 Å². The van der Waals surface area contributed by atoms with Gasteiger partial charge in [-0.1, -0.05) is 0 Å². The third-order valence-electron chi connectivity index (χ3n) is 3.69. The molecule has 0 radical (unpaired) electrons. The molecule has 0 saturated carbocycles. The van der Waals surface area contributed by atoms with Gasteiger partial charge in [-0.15, -0.1) is 12.4 Å². The first-order valence-electron chi connectivity index (χ1n) is 7.71. The number of hydrogen-bond donors (Lipinski definition) is 3. The summed E-state index contributed by atoms with van der Waals surface area (Å²) in [7, 11) is 0. The number of hydrogen-bond acceptors (Lipinski definition) is 5. The quantitative estimate of drug-likeness (QED) is 0.706. The van der Waals surface area contributed by atoms with Gasteiger partial charge in [0, 0.05) is 25.4 Å². The molecule has 0 aliphatic carbocycles. The summed E-state index contributed by atoms with van der Waals surface area (Å²) in [5.74, 6) is 0.175. The van der Waals surface area contributed by atoms with Crippen LogP contribution in [-0.2, 0) is 14.3 Å². The number of halogens is 1. The second kappa shape index (κ2) is 9.46. The second-order valence-electron chi connectivity index (χ2n) is 5.49. The van der Waals surface area contributed by atoms with E-state index in [-0.39, 0.29) is 30.8 Å². The van der Waals surface area contributed by atoms with Crippen molar-refractivity contribution in [1.29, 1.82) is 0 Å². The summed E-state index contributed by atoms with van der Waals surface area (Å²) in [6.45, 7) is 3.37. The zero-order valence-corrected chi connectivity index (χ0v) is 14.5. The molecule has 1 aliphatic rings. The molecule has 7 nitrogen and oxygen atoms in total. The average molecular weight is 358 g/mol. The lowest BCUT2D eigenvalue weighted by Gasteiger charge is -2.31. The van der Waals surface area contributed by atoms with Gasteiger partial charge in [0.15, 0.2) is 6.61 Å². The maximum atomic E-state index is 12.3. The van der Waals surface area contributed by atoms with Gasteiger partial charge in [0.2, 0.25) is 5.91 Å². The predicted molar refractivity (Wildman–Crippen MR) is 93.5 cm³/mol. The normalized spacial score (nSPS) is 15.8. The molecule has 24 heavy (non-hydrogen) atoms. The SMILES string of the molecule is CCNC(=O)COc1ccc(NC(=O)C2(N)CCOCC2)cc1.Cl. The zero-order valence-electron chi connectivity index (χ0n) is 13.7. The van der Waals surface area contributed by atoms with Crippen molar-refractivity contribution in [2.75, 3.05) is 31.7 Å². The summed E-state index contributed by atoms with van der Waals surface area (Å²) >= 11 is 0. The Labute approximate surface area is 147 Å². The summed E-state index contributed by atoms with van der Waals surface area (Å²) in [6, 6.07) is 6.82. The molecule has 1 fully saturated rings. The van der Waals surface area contributed by atoms with E-state index in [2.05, 4.69) is 10.6 Å². The number of nitrogens with one attached hydrogen (secondary N) is 2. The van der Waals surface area contributed by atoms with Crippen LogP contribution >= 0.6 is 12.4 Å². The number of rotatable bonds is 6. The zero-order chi connectivity index (χ0) is 16.7. The first-order valence-corrected chi connectivity index (χ1v) is 7.71. The van der Waals surface area contributed by atoms with Gasteiger partial charge in [0.05, 0.1) is 0 Å². The standard InChI is InChI=1S/C16H23N3O4.ClH/c1-2-18-14(20)11-23-13-5-3-12(4-6-13)19-15(21)16(17)7-9-22-10-8-16;/h3-6H,2,7-11,17H2,1H3,(H,18,20)(H,19,21);1H. The van der Waals surface area contributed by atoms with Crippen LogP contribution in [0.1, 0.15) is 19.8 Å². The van der Waals surface area contributed by atoms with Crippen LogP contribution < -0.4 is 21.1 Å². The van der Waals surface area contributed by atoms with Crippen molar-refractivity contribution in [3.63, 3.8) is 0 Å². The van der Waals surface area contributed by atoms with Crippen molar-refractivity contribution in [2.45, 2.75) is 25.3 Å². The summed E-state index contributed by atoms with van der Waals surface area (Å²) in [5, 5.41) is 5.46. The lowest BCUT2D eigenvalue weighted by Crippen LogP contribution is -2.54. The van der Waals surface area contributed by atoms with E-state index >= 15 is 0 Å². The third kappa shape index (κ3) is 5.67. The van der Waals surface area contributed by atoms with Crippen LogP contribution in [0.15, 0.2) is 24.3 Å². The van der Waals surface area contributed by atoms with E-state index in [0.29, 0.717) is 44.0 Å². The Bertz CT molecular complexity index is 545. The number of amides is 2. The lowest BCUT2D eigenvalue weighted by molar-refractivity contribution is -0.124. The highest BCUT2D eigenvalue weighted by Gasteiger charge is 2.35. The number of carbonyl (C=O) groups excluding carboxylic acids is 2. The molecule has 1 aromatic rings. The molecule has 0 atom stereocenters. The Morgan fingerprint density at radius 1 is 1.25 bits per heavy atom. The molecule has 8 heteroatoms. The molecular formula is C16H24ClN3O4. The van der Waals surface area contributed by atoms with E-state index in [4.69, 9.17) is 15.2 Å². The molecule has 1 heterocycles. The van der Waals surface area contributed by atoms with Gasteiger partial charge in [-0.25, -0.2) is 0 Å². The maximum Gasteiger partial charge on any atom is 0.257 e. The fourth-order valence-corrected chi connectivity index (χ4v) is 2.25. The van der Waals surface area contributed by atoms with Gasteiger partial charge >= 0.3 is 0 Å². The molecule has 134 valence electrons. The molecule has 0 spiro atoms. The van der Waals surface area contributed by atoms with E-state index < -0.39 is 5.54 Å². The van der Waals surface area contributed by atoms with Gasteiger partial charge in [0.1, 0.15) is 11.3 Å². The van der Waals surface area contributed by atoms with Crippen LogP contribution in [-0.4, -0.2) is 43.7 Å². The average Bonchev–Trinajstić information content (AvgIpc) is 2.55. The molecule has 1 aliphatic heterocycles. The van der Waals surface area contributed by atoms with Crippen LogP contribution in [0.5, 0.6) is 5.75 Å². The molecule has 1 saturated heterocycles. The van der Waals surface area contributed by atoms with Gasteiger partial charge in [-0.3, -0.25) is 9.59 Å². The fourth-order valence-electron chi connectivity index (χ4n) is 2.25. The first kappa shape index (κ1) is 20.2. The van der Waals surface area contributed by atoms with E-state index in [1.807, 2.05) is 6.92 Å². The topological polar surface area (TPSA) is 103 Å². The molecule has 2 amide bonds. The van der Waals surface area contributed by atoms with Crippen molar-refractivity contribution >= 4 is 29.9 Å². The number of carbonyl (C=O) groups is 2. The molecule has 0 unspecified atom stereocenters. The van der Waals surface area contributed by atoms with Gasteiger partial charge in [-0.2, -0.15) is 0 Å². The monoisotopic (exact) mass is 357 g/mol. The Morgan fingerprint density at radius 2 is 1.88 bits per heavy atom. The van der Waals surface area contributed by atoms with Crippen LogP contribution in [0, 0.1) is 0 Å². The largest absolute Gasteiger partial charge is 0.484 e. The van der Waals surface area contributed by atoms with Gasteiger partial charge < -0.3 is 25.8 Å². The highest BCUT2D eigenvalue weighted by molar-refractivity contribution is 5.98. The number of likely N-dealkylation sites (N-methyl/N-ethyl adjacent to an activating group) is 1. The van der Waals surface area contributed by atoms with E-state index in [0.717, 1.165) is 0 Å². The summed E-state index contributed by atoms with van der Waals surface area (Å²) in [5.41, 5.74) is 5.88. The molecule has 2 rings (SSSR count).